The number of nitrogens with zero attached hydrogens (tertiary/aromatic N) is 2. The fourth-order valence-corrected chi connectivity index (χ4v) is 1.19. The maximum Gasteiger partial charge on any atom is 0.183 e. The molecule has 0 unspecified atom stereocenters. The van der Waals surface area contributed by atoms with Crippen LogP contribution in [0, 0.1) is 0 Å². The minimum Gasteiger partial charge on any atom is -0.479 e. The van der Waals surface area contributed by atoms with Crippen LogP contribution in [0.15, 0.2) is 9.98 Å². The average molecular weight is 305 g/mol. The number of hydrogen-bond donors (Lipinski definition) is 0. The van der Waals surface area contributed by atoms with Gasteiger partial charge in [0.2, 0.25) is 0 Å². The Hall–Kier alpha value is -0.398. The van der Waals surface area contributed by atoms with Crippen LogP contribution in [0.4, 0.5) is 0 Å². The van der Waals surface area contributed by atoms with Gasteiger partial charge in [-0.1, -0.05) is 13.8 Å². The van der Waals surface area contributed by atoms with Crippen molar-refractivity contribution in [2.45, 2.75) is 26.7 Å². The van der Waals surface area contributed by atoms with Crippen molar-refractivity contribution in [1.82, 2.24) is 0 Å². The van der Waals surface area contributed by atoms with E-state index in [1.54, 1.807) is 0 Å². The molecule has 0 aromatic rings. The molecule has 2 aliphatic rings. The molecule has 0 aliphatic carbocycles. The Morgan fingerprint density at radius 2 is 1.33 bits per heavy atom. The van der Waals surface area contributed by atoms with Crippen molar-refractivity contribution < 1.29 is 29.9 Å². The normalized spacial score (nSPS) is 17.5. The van der Waals surface area contributed by atoms with Crippen LogP contribution in [0.3, 0.4) is 0 Å². The van der Waals surface area contributed by atoms with Crippen LogP contribution in [0.2, 0.25) is 0 Å². The molecule has 5 heteroatoms. The Morgan fingerprint density at radius 3 is 1.47 bits per heavy atom. The summed E-state index contributed by atoms with van der Waals surface area (Å²) < 4.78 is 10.1. The van der Waals surface area contributed by atoms with Crippen molar-refractivity contribution in [3.05, 3.63) is 0 Å². The molecule has 0 saturated heterocycles. The van der Waals surface area contributed by atoms with Gasteiger partial charge in [0, 0.05) is 33.3 Å². The van der Waals surface area contributed by atoms with Gasteiger partial charge >= 0.3 is 0 Å². The third-order valence-corrected chi connectivity index (χ3v) is 1.90. The zero-order valence-electron chi connectivity index (χ0n) is 9.27. The van der Waals surface area contributed by atoms with Crippen molar-refractivity contribution in [2.75, 3.05) is 26.3 Å². The minimum atomic E-state index is 0. The third-order valence-electron chi connectivity index (χ3n) is 1.90. The van der Waals surface area contributed by atoms with E-state index in [-0.39, 0.29) is 20.4 Å². The molecule has 0 spiro atoms. The van der Waals surface area contributed by atoms with Gasteiger partial charge in [-0.25, -0.2) is 0 Å². The summed E-state index contributed by atoms with van der Waals surface area (Å²) in [6.07, 6.45) is 1.89. The van der Waals surface area contributed by atoms with Gasteiger partial charge in [0.1, 0.15) is 13.2 Å². The smallest absolute Gasteiger partial charge is 0.183 e. The van der Waals surface area contributed by atoms with E-state index in [1.807, 2.05) is 13.8 Å². The Balaban J connectivity index is 0.000000245. The van der Waals surface area contributed by atoms with Gasteiger partial charge in [-0.3, -0.25) is 9.98 Å². The van der Waals surface area contributed by atoms with E-state index in [0.717, 1.165) is 50.9 Å². The summed E-state index contributed by atoms with van der Waals surface area (Å²) in [6, 6.07) is 0. The van der Waals surface area contributed by atoms with Crippen LogP contribution in [-0.2, 0) is 29.9 Å². The molecule has 0 atom stereocenters. The summed E-state index contributed by atoms with van der Waals surface area (Å²) in [5.41, 5.74) is 0. The van der Waals surface area contributed by atoms with E-state index in [2.05, 4.69) is 9.98 Å². The van der Waals surface area contributed by atoms with Gasteiger partial charge in [-0.15, -0.1) is 0 Å². The Bertz CT molecular complexity index is 205. The number of aliphatic imine (C=N–C) groups is 2. The Morgan fingerprint density at radius 1 is 0.933 bits per heavy atom. The van der Waals surface area contributed by atoms with E-state index in [0.29, 0.717) is 0 Å². The van der Waals surface area contributed by atoms with Crippen molar-refractivity contribution in [3.8, 4) is 0 Å². The third kappa shape index (κ3) is 5.91. The monoisotopic (exact) mass is 304 g/mol. The quantitative estimate of drug-likeness (QED) is 0.728. The maximum absolute atomic E-state index is 5.05. The van der Waals surface area contributed by atoms with Crippen LogP contribution < -0.4 is 0 Å². The molecule has 90 valence electrons. The van der Waals surface area contributed by atoms with Gasteiger partial charge in [0.05, 0.1) is 13.1 Å². The molecule has 2 heterocycles. The molecular weight excluding hydrogens is 287 g/mol. The first-order chi connectivity index (χ1) is 6.86. The van der Waals surface area contributed by atoms with E-state index < -0.39 is 0 Å². The SMILES string of the molecule is CCC1=NCCO1.CCC1=NCCO1.[Pd]. The first-order valence-corrected chi connectivity index (χ1v) is 5.19. The summed E-state index contributed by atoms with van der Waals surface area (Å²) in [6.45, 7) is 7.41. The van der Waals surface area contributed by atoms with Crippen molar-refractivity contribution >= 4 is 11.8 Å². The fourth-order valence-electron chi connectivity index (χ4n) is 1.19. The van der Waals surface area contributed by atoms with Crippen LogP contribution >= 0.6 is 0 Å². The second kappa shape index (κ2) is 8.87. The summed E-state index contributed by atoms with van der Waals surface area (Å²) in [5, 5.41) is 0. The van der Waals surface area contributed by atoms with Crippen LogP contribution in [0.1, 0.15) is 26.7 Å². The minimum absolute atomic E-state index is 0. The Kier molecular flexibility index (Phi) is 8.64. The first-order valence-electron chi connectivity index (χ1n) is 5.19. The van der Waals surface area contributed by atoms with Gasteiger partial charge < -0.3 is 9.47 Å². The summed E-state index contributed by atoms with van der Waals surface area (Å²) in [5.74, 6) is 1.83. The van der Waals surface area contributed by atoms with Gasteiger partial charge in [0.15, 0.2) is 11.8 Å². The van der Waals surface area contributed by atoms with E-state index in [4.69, 9.17) is 9.47 Å². The molecule has 0 radical (unpaired) electrons. The van der Waals surface area contributed by atoms with Crippen LogP contribution in [0.25, 0.3) is 0 Å². The predicted octanol–water partition coefficient (Wildman–Crippen LogP) is 1.65. The molecule has 15 heavy (non-hydrogen) atoms. The van der Waals surface area contributed by atoms with Gasteiger partial charge in [-0.05, 0) is 0 Å². The molecule has 0 aromatic carbocycles. The van der Waals surface area contributed by atoms with E-state index in [9.17, 15) is 0 Å². The van der Waals surface area contributed by atoms with E-state index in [1.165, 1.54) is 0 Å². The summed E-state index contributed by atoms with van der Waals surface area (Å²) in [7, 11) is 0. The summed E-state index contributed by atoms with van der Waals surface area (Å²) in [4.78, 5) is 8.10. The molecule has 0 amide bonds. The second-order valence-electron chi connectivity index (χ2n) is 2.95. The zero-order valence-corrected chi connectivity index (χ0v) is 10.8. The van der Waals surface area contributed by atoms with Crippen LogP contribution in [0.5, 0.6) is 0 Å². The molecule has 0 aromatic heterocycles. The molecule has 2 aliphatic heterocycles. The zero-order chi connectivity index (χ0) is 10.2. The molecule has 0 fully saturated rings. The van der Waals surface area contributed by atoms with E-state index >= 15 is 0 Å². The van der Waals surface area contributed by atoms with Gasteiger partial charge in [-0.2, -0.15) is 0 Å². The molecule has 0 saturated carbocycles. The van der Waals surface area contributed by atoms with Crippen molar-refractivity contribution in [2.24, 2.45) is 9.98 Å². The standard InChI is InChI=1S/2C5H9NO.Pd/c2*1-2-5-6-3-4-7-5;/h2*2-4H2,1H3;. The van der Waals surface area contributed by atoms with Crippen molar-refractivity contribution in [3.63, 3.8) is 0 Å². The number of rotatable bonds is 2. The molecule has 2 rings (SSSR count). The second-order valence-corrected chi connectivity index (χ2v) is 2.95. The maximum atomic E-state index is 5.05. The predicted molar refractivity (Wildman–Crippen MR) is 57.1 cm³/mol. The van der Waals surface area contributed by atoms with Gasteiger partial charge in [0.25, 0.3) is 0 Å². The molecule has 0 N–H and O–H groups in total. The fraction of sp³-hybridized carbons (Fsp3) is 0.800. The van der Waals surface area contributed by atoms with Crippen LogP contribution in [-0.4, -0.2) is 38.1 Å². The first kappa shape index (κ1) is 14.6. The average Bonchev–Trinajstić information content (AvgIpc) is 2.92. The largest absolute Gasteiger partial charge is 0.479 e. The number of ether oxygens (including phenoxy) is 2. The molecular formula is C10H18N2O2Pd. The summed E-state index contributed by atoms with van der Waals surface area (Å²) >= 11 is 0. The number of hydrogen-bond acceptors (Lipinski definition) is 4. The van der Waals surface area contributed by atoms with Crippen molar-refractivity contribution in [1.29, 1.82) is 0 Å². The molecule has 4 nitrogen and oxygen atoms in total. The molecule has 0 bridgehead atoms. The Labute approximate surface area is 105 Å². The topological polar surface area (TPSA) is 43.2 Å².